The number of alkyl halides is 3. The predicted molar refractivity (Wildman–Crippen MR) is 156 cm³/mol. The van der Waals surface area contributed by atoms with E-state index in [0.29, 0.717) is 34.2 Å². The predicted octanol–water partition coefficient (Wildman–Crippen LogP) is 7.81. The number of Topliss-reactive ketones (excluding diaryl/α,β-unsaturated/α-hetero) is 1. The number of amides is 2. The Morgan fingerprint density at radius 1 is 0.821 bits per heavy atom. The zero-order chi connectivity index (χ0) is 27.9. The number of fused-ring (bicyclic) bond motifs is 2. The normalized spacial score (nSPS) is 12.8. The van der Waals surface area contributed by atoms with E-state index in [4.69, 9.17) is 58.0 Å². The fourth-order valence-corrected chi connectivity index (χ4v) is 5.19. The number of ketones is 1. The number of halogens is 5. The van der Waals surface area contributed by atoms with Crippen LogP contribution in [0.25, 0.3) is 0 Å². The Labute approximate surface area is 249 Å². The zero-order valence-corrected chi connectivity index (χ0v) is 23.7. The van der Waals surface area contributed by atoms with Crippen LogP contribution < -0.4 is 10.2 Å². The Morgan fingerprint density at radius 3 is 2.23 bits per heavy atom. The molecule has 0 bridgehead atoms. The summed E-state index contributed by atoms with van der Waals surface area (Å²) in [6.45, 7) is 0.513. The number of nitrogens with one attached hydrogen (secondary N) is 1. The molecular weight excluding hydrogens is 604 g/mol. The molecular formula is C28H18Cl5N3O3. The van der Waals surface area contributed by atoms with E-state index in [-0.39, 0.29) is 28.7 Å². The van der Waals surface area contributed by atoms with Gasteiger partial charge in [-0.3, -0.25) is 14.4 Å². The Morgan fingerprint density at radius 2 is 1.54 bits per heavy atom. The van der Waals surface area contributed by atoms with Crippen LogP contribution in [0.5, 0.6) is 0 Å². The van der Waals surface area contributed by atoms with E-state index in [1.807, 2.05) is 24.3 Å². The number of anilines is 2. The third-order valence-electron chi connectivity index (χ3n) is 6.30. The maximum absolute atomic E-state index is 13.7. The topological polar surface area (TPSA) is 71.4 Å². The molecule has 5 rings (SSSR count). The van der Waals surface area contributed by atoms with Crippen LogP contribution in [0.4, 0.5) is 11.4 Å². The molecule has 0 atom stereocenters. The number of benzene rings is 3. The fraction of sp³-hybridized carbons (Fsp3) is 0.107. The second kappa shape index (κ2) is 10.9. The summed E-state index contributed by atoms with van der Waals surface area (Å²) in [5.41, 5.74) is 3.65. The van der Waals surface area contributed by atoms with Crippen LogP contribution >= 0.6 is 58.0 Å². The summed E-state index contributed by atoms with van der Waals surface area (Å²) >= 11 is 29.7. The van der Waals surface area contributed by atoms with Gasteiger partial charge in [-0.15, -0.1) is 0 Å². The molecule has 11 heteroatoms. The molecule has 6 nitrogen and oxygen atoms in total. The lowest BCUT2D eigenvalue weighted by molar-refractivity contribution is 0.0981. The van der Waals surface area contributed by atoms with Gasteiger partial charge in [-0.25, -0.2) is 0 Å². The summed E-state index contributed by atoms with van der Waals surface area (Å²) in [4.78, 5) is 40.8. The Hall–Kier alpha value is -3.00. The quantitative estimate of drug-likeness (QED) is 0.187. The van der Waals surface area contributed by atoms with Crippen LogP contribution in [0.3, 0.4) is 0 Å². The molecule has 1 aliphatic rings. The number of aromatic nitrogens is 1. The van der Waals surface area contributed by atoms with Gasteiger partial charge in [0.25, 0.3) is 15.6 Å². The molecule has 0 radical (unpaired) electrons. The number of nitrogens with zero attached hydrogens (tertiary/aromatic N) is 2. The van der Waals surface area contributed by atoms with Crippen molar-refractivity contribution in [3.63, 3.8) is 0 Å². The maximum Gasteiger partial charge on any atom is 0.258 e. The molecule has 4 aromatic rings. The van der Waals surface area contributed by atoms with Crippen LogP contribution in [0.2, 0.25) is 10.0 Å². The lowest BCUT2D eigenvalue weighted by Gasteiger charge is -2.23. The van der Waals surface area contributed by atoms with Gasteiger partial charge in [-0.2, -0.15) is 0 Å². The molecule has 2 heterocycles. The summed E-state index contributed by atoms with van der Waals surface area (Å²) < 4.78 is -0.344. The fourth-order valence-electron chi connectivity index (χ4n) is 4.41. The Bertz CT molecular complexity index is 1610. The largest absolute Gasteiger partial charge is 0.336 e. The van der Waals surface area contributed by atoms with Crippen LogP contribution in [-0.4, -0.2) is 26.0 Å². The van der Waals surface area contributed by atoms with Gasteiger partial charge in [0.05, 0.1) is 29.4 Å². The molecule has 1 aromatic heterocycles. The number of carbonyl (C=O) groups excluding carboxylic acids is 3. The summed E-state index contributed by atoms with van der Waals surface area (Å²) in [6.07, 6.45) is 0. The van der Waals surface area contributed by atoms with Gasteiger partial charge in [0.15, 0.2) is 0 Å². The molecule has 1 N–H and O–H groups in total. The van der Waals surface area contributed by atoms with Crippen molar-refractivity contribution in [3.05, 3.63) is 117 Å². The van der Waals surface area contributed by atoms with E-state index < -0.39 is 15.5 Å². The smallest absolute Gasteiger partial charge is 0.258 e. The van der Waals surface area contributed by atoms with Crippen LogP contribution in [0.15, 0.2) is 78.9 Å². The molecule has 39 heavy (non-hydrogen) atoms. The Kier molecular flexibility index (Phi) is 7.68. The molecule has 2 amide bonds. The molecule has 0 saturated carbocycles. The highest BCUT2D eigenvalue weighted by atomic mass is 35.6. The highest BCUT2D eigenvalue weighted by Gasteiger charge is 2.35. The molecule has 0 spiro atoms. The summed E-state index contributed by atoms with van der Waals surface area (Å²) in [7, 11) is 0. The van der Waals surface area contributed by atoms with Crippen molar-refractivity contribution in [2.75, 3.05) is 10.2 Å². The molecule has 0 aliphatic carbocycles. The SMILES string of the molecule is O=C(Nc1ccc(C(=O)N2Cc3ccc(C(=O)C(Cl)(Cl)Cl)n3Cc3ccccc32)cc1)c1ccc(Cl)cc1Cl. The van der Waals surface area contributed by atoms with Gasteiger partial charge in [-0.1, -0.05) is 76.2 Å². The summed E-state index contributed by atoms with van der Waals surface area (Å²) in [5.74, 6) is -1.31. The lowest BCUT2D eigenvalue weighted by Crippen LogP contribution is -2.30. The highest BCUT2D eigenvalue weighted by molar-refractivity contribution is 6.77. The minimum absolute atomic E-state index is 0.191. The minimum atomic E-state index is -2.10. The molecule has 198 valence electrons. The van der Waals surface area contributed by atoms with Gasteiger partial charge in [-0.05, 0) is 66.2 Å². The number of rotatable bonds is 4. The Balaban J connectivity index is 1.41. The van der Waals surface area contributed by atoms with E-state index in [1.165, 1.54) is 12.1 Å². The minimum Gasteiger partial charge on any atom is -0.336 e. The maximum atomic E-state index is 13.7. The zero-order valence-electron chi connectivity index (χ0n) is 19.9. The number of carbonyl (C=O) groups is 3. The average Bonchev–Trinajstić information content (AvgIpc) is 3.20. The van der Waals surface area contributed by atoms with Crippen molar-refractivity contribution in [2.24, 2.45) is 0 Å². The summed E-state index contributed by atoms with van der Waals surface area (Å²) in [5, 5.41) is 3.43. The van der Waals surface area contributed by atoms with E-state index >= 15 is 0 Å². The molecule has 1 aliphatic heterocycles. The van der Waals surface area contributed by atoms with Gasteiger partial charge in [0.2, 0.25) is 5.78 Å². The van der Waals surface area contributed by atoms with Crippen molar-refractivity contribution in [1.82, 2.24) is 4.57 Å². The van der Waals surface area contributed by atoms with Crippen LogP contribution in [-0.2, 0) is 13.1 Å². The third kappa shape index (κ3) is 5.67. The van der Waals surface area contributed by atoms with Gasteiger partial charge in [0.1, 0.15) is 0 Å². The van der Waals surface area contributed by atoms with Crippen molar-refractivity contribution in [3.8, 4) is 0 Å². The van der Waals surface area contributed by atoms with Crippen LogP contribution in [0.1, 0.15) is 42.5 Å². The van der Waals surface area contributed by atoms with Crippen molar-refractivity contribution in [2.45, 2.75) is 16.9 Å². The van der Waals surface area contributed by atoms with Gasteiger partial charge >= 0.3 is 0 Å². The van der Waals surface area contributed by atoms with Gasteiger partial charge < -0.3 is 14.8 Å². The van der Waals surface area contributed by atoms with Crippen molar-refractivity contribution in [1.29, 1.82) is 0 Å². The first-order chi connectivity index (χ1) is 18.5. The second-order valence-corrected chi connectivity index (χ2v) is 11.9. The van der Waals surface area contributed by atoms with Crippen molar-refractivity contribution < 1.29 is 14.4 Å². The molecule has 3 aromatic carbocycles. The third-order valence-corrected chi connectivity index (χ3v) is 7.37. The van der Waals surface area contributed by atoms with E-state index in [1.54, 1.807) is 51.9 Å². The average molecular weight is 622 g/mol. The first-order valence-electron chi connectivity index (χ1n) is 11.6. The van der Waals surface area contributed by atoms with E-state index in [2.05, 4.69) is 5.32 Å². The first-order valence-corrected chi connectivity index (χ1v) is 13.5. The van der Waals surface area contributed by atoms with Crippen LogP contribution in [0, 0.1) is 0 Å². The molecule has 0 fully saturated rings. The summed E-state index contributed by atoms with van der Waals surface area (Å²) in [6, 6.07) is 21.9. The molecule has 0 unspecified atom stereocenters. The number of hydrogen-bond donors (Lipinski definition) is 1. The van der Waals surface area contributed by atoms with E-state index in [9.17, 15) is 14.4 Å². The highest BCUT2D eigenvalue weighted by Crippen LogP contribution is 2.35. The second-order valence-electron chi connectivity index (χ2n) is 8.80. The van der Waals surface area contributed by atoms with Crippen molar-refractivity contribution >= 4 is 87.0 Å². The monoisotopic (exact) mass is 619 g/mol. The van der Waals surface area contributed by atoms with E-state index in [0.717, 1.165) is 5.56 Å². The number of hydrogen-bond acceptors (Lipinski definition) is 3. The molecule has 0 saturated heterocycles. The van der Waals surface area contributed by atoms with Gasteiger partial charge in [0, 0.05) is 27.7 Å². The lowest BCUT2D eigenvalue weighted by atomic mass is 10.1. The standard InChI is InChI=1S/C28H18Cl5N3O3/c29-18-7-11-21(22(30)13-18)26(38)34-19-8-5-16(6-9-19)27(39)36-15-20-10-12-24(25(37)28(31,32)33)35(20)14-17-3-1-2-4-23(17)36/h1-13H,14-15H2,(H,34,38). The first kappa shape index (κ1) is 27.6. The number of para-hydroxylation sites is 1.